The summed E-state index contributed by atoms with van der Waals surface area (Å²) >= 11 is 1.36. The highest BCUT2D eigenvalue weighted by molar-refractivity contribution is 7.12. The van der Waals surface area contributed by atoms with E-state index in [1.165, 1.54) is 11.3 Å². The van der Waals surface area contributed by atoms with E-state index in [4.69, 9.17) is 0 Å². The van der Waals surface area contributed by atoms with Gasteiger partial charge in [-0.25, -0.2) is 0 Å². The smallest absolute Gasteiger partial charge is 0.262 e. The molecule has 0 spiro atoms. The zero-order chi connectivity index (χ0) is 18.2. The van der Waals surface area contributed by atoms with E-state index in [9.17, 15) is 9.59 Å². The highest BCUT2D eigenvalue weighted by Crippen LogP contribution is 2.14. The van der Waals surface area contributed by atoms with Crippen LogP contribution in [0.5, 0.6) is 0 Å². The Bertz CT molecular complexity index is 698. The Labute approximate surface area is 152 Å². The van der Waals surface area contributed by atoms with Crippen LogP contribution in [0, 0.1) is 5.92 Å². The van der Waals surface area contributed by atoms with Crippen LogP contribution >= 0.6 is 11.3 Å². The first-order chi connectivity index (χ1) is 12.0. The summed E-state index contributed by atoms with van der Waals surface area (Å²) in [6.07, 6.45) is 0. The minimum Gasteiger partial charge on any atom is -0.339 e. The molecule has 1 aromatic heterocycles. The lowest BCUT2D eigenvalue weighted by molar-refractivity contribution is -0.118. The molecule has 2 amide bonds. The van der Waals surface area contributed by atoms with Crippen LogP contribution < -0.4 is 16.0 Å². The Morgan fingerprint density at radius 1 is 1.16 bits per heavy atom. The number of hydrogen-bond donors (Lipinski definition) is 3. The molecule has 1 unspecified atom stereocenters. The summed E-state index contributed by atoms with van der Waals surface area (Å²) in [6.45, 7) is 7.53. The van der Waals surface area contributed by atoms with Gasteiger partial charge in [-0.1, -0.05) is 39.0 Å². The van der Waals surface area contributed by atoms with E-state index >= 15 is 0 Å². The molecule has 3 N–H and O–H groups in total. The topological polar surface area (TPSA) is 70.2 Å². The molecule has 1 aromatic carbocycles. The van der Waals surface area contributed by atoms with Crippen molar-refractivity contribution in [2.45, 2.75) is 33.4 Å². The molecule has 0 aliphatic heterocycles. The summed E-state index contributed by atoms with van der Waals surface area (Å²) < 4.78 is 0. The molecule has 2 aromatic rings. The summed E-state index contributed by atoms with van der Waals surface area (Å²) in [7, 11) is 0. The normalized spacial score (nSPS) is 12.0. The number of anilines is 1. The van der Waals surface area contributed by atoms with Crippen LogP contribution in [0.15, 0.2) is 41.8 Å². The quantitative estimate of drug-likeness (QED) is 0.678. The number of hydrogen-bond acceptors (Lipinski definition) is 4. The van der Waals surface area contributed by atoms with Gasteiger partial charge >= 0.3 is 0 Å². The fraction of sp³-hybridized carbons (Fsp3) is 0.368. The van der Waals surface area contributed by atoms with E-state index in [1.54, 1.807) is 6.07 Å². The van der Waals surface area contributed by atoms with Crippen molar-refractivity contribution in [3.05, 3.63) is 52.2 Å². The SMILES string of the molecule is CCNCc1cccc(NC(=O)C(NC(=O)c2cccs2)C(C)C)c1. The molecule has 134 valence electrons. The number of rotatable bonds is 8. The number of amides is 2. The molecule has 0 aliphatic carbocycles. The molecular formula is C19H25N3O2S. The fourth-order valence-corrected chi connectivity index (χ4v) is 3.03. The van der Waals surface area contributed by atoms with Gasteiger partial charge in [0.15, 0.2) is 0 Å². The molecule has 6 heteroatoms. The van der Waals surface area contributed by atoms with Crippen LogP contribution in [0.1, 0.15) is 36.0 Å². The fourth-order valence-electron chi connectivity index (χ4n) is 2.40. The Kier molecular flexibility index (Phi) is 7.16. The molecular weight excluding hydrogens is 334 g/mol. The predicted octanol–water partition coefficient (Wildman–Crippen LogP) is 3.25. The maximum Gasteiger partial charge on any atom is 0.262 e. The molecule has 2 rings (SSSR count). The van der Waals surface area contributed by atoms with Gasteiger partial charge in [-0.05, 0) is 41.6 Å². The van der Waals surface area contributed by atoms with Gasteiger partial charge in [0, 0.05) is 12.2 Å². The van der Waals surface area contributed by atoms with Crippen molar-refractivity contribution >= 4 is 28.8 Å². The Morgan fingerprint density at radius 2 is 1.96 bits per heavy atom. The molecule has 1 heterocycles. The van der Waals surface area contributed by atoms with Crippen molar-refractivity contribution in [2.24, 2.45) is 5.92 Å². The van der Waals surface area contributed by atoms with Gasteiger partial charge in [-0.15, -0.1) is 11.3 Å². The Morgan fingerprint density at radius 3 is 2.60 bits per heavy atom. The van der Waals surface area contributed by atoms with E-state index in [2.05, 4.69) is 22.9 Å². The summed E-state index contributed by atoms with van der Waals surface area (Å²) in [5.74, 6) is -0.445. The third kappa shape index (κ3) is 5.69. The van der Waals surface area contributed by atoms with Crippen LogP contribution in [0.4, 0.5) is 5.69 Å². The lowest BCUT2D eigenvalue weighted by Crippen LogP contribution is -2.46. The lowest BCUT2D eigenvalue weighted by atomic mass is 10.0. The van der Waals surface area contributed by atoms with E-state index in [0.29, 0.717) is 4.88 Å². The van der Waals surface area contributed by atoms with E-state index < -0.39 is 6.04 Å². The first-order valence-corrected chi connectivity index (χ1v) is 9.34. The van der Waals surface area contributed by atoms with Crippen molar-refractivity contribution in [1.29, 1.82) is 0 Å². The number of carbonyl (C=O) groups is 2. The van der Waals surface area contributed by atoms with E-state index in [0.717, 1.165) is 24.3 Å². The summed E-state index contributed by atoms with van der Waals surface area (Å²) in [4.78, 5) is 25.5. The van der Waals surface area contributed by atoms with Gasteiger partial charge in [0.1, 0.15) is 6.04 Å². The van der Waals surface area contributed by atoms with E-state index in [-0.39, 0.29) is 17.7 Å². The first-order valence-electron chi connectivity index (χ1n) is 8.46. The van der Waals surface area contributed by atoms with Crippen molar-refractivity contribution in [2.75, 3.05) is 11.9 Å². The molecule has 0 bridgehead atoms. The van der Waals surface area contributed by atoms with E-state index in [1.807, 2.05) is 49.6 Å². The van der Waals surface area contributed by atoms with Gasteiger partial charge < -0.3 is 16.0 Å². The molecule has 0 aliphatic rings. The second-order valence-corrected chi connectivity index (χ2v) is 7.09. The maximum absolute atomic E-state index is 12.6. The van der Waals surface area contributed by atoms with Crippen molar-refractivity contribution < 1.29 is 9.59 Å². The maximum atomic E-state index is 12.6. The molecule has 0 fully saturated rings. The monoisotopic (exact) mass is 359 g/mol. The van der Waals surface area contributed by atoms with Crippen LogP contribution in [0.3, 0.4) is 0 Å². The summed E-state index contributed by atoms with van der Waals surface area (Å²) in [6, 6.07) is 10.7. The standard InChI is InChI=1S/C19H25N3O2S/c1-4-20-12-14-7-5-8-15(11-14)21-19(24)17(13(2)3)22-18(23)16-9-6-10-25-16/h5-11,13,17,20H,4,12H2,1-3H3,(H,21,24)(H,22,23). The predicted molar refractivity (Wildman–Crippen MR) is 103 cm³/mol. The summed E-state index contributed by atoms with van der Waals surface area (Å²) in [5, 5.41) is 10.8. The van der Waals surface area contributed by atoms with Crippen molar-refractivity contribution in [3.63, 3.8) is 0 Å². The minimum absolute atomic E-state index is 0.0196. The third-order valence-electron chi connectivity index (χ3n) is 3.75. The molecule has 25 heavy (non-hydrogen) atoms. The zero-order valence-corrected chi connectivity index (χ0v) is 15.7. The second kappa shape index (κ2) is 9.34. The van der Waals surface area contributed by atoms with Crippen LogP contribution in [0.25, 0.3) is 0 Å². The van der Waals surface area contributed by atoms with Crippen molar-refractivity contribution in [1.82, 2.24) is 10.6 Å². The molecule has 5 nitrogen and oxygen atoms in total. The zero-order valence-electron chi connectivity index (χ0n) is 14.8. The average molecular weight is 359 g/mol. The Hall–Kier alpha value is -2.18. The van der Waals surface area contributed by atoms with Gasteiger partial charge in [0.05, 0.1) is 4.88 Å². The highest BCUT2D eigenvalue weighted by Gasteiger charge is 2.25. The summed E-state index contributed by atoms with van der Waals surface area (Å²) in [5.41, 5.74) is 1.83. The molecule has 0 radical (unpaired) electrons. The minimum atomic E-state index is -0.591. The first kappa shape index (κ1) is 19.1. The number of carbonyl (C=O) groups excluding carboxylic acids is 2. The van der Waals surface area contributed by atoms with Crippen LogP contribution in [0.2, 0.25) is 0 Å². The molecule has 1 atom stereocenters. The highest BCUT2D eigenvalue weighted by atomic mass is 32.1. The molecule has 0 saturated carbocycles. The van der Waals surface area contributed by atoms with Crippen molar-refractivity contribution in [3.8, 4) is 0 Å². The van der Waals surface area contributed by atoms with Gasteiger partial charge in [-0.3, -0.25) is 9.59 Å². The average Bonchev–Trinajstić information content (AvgIpc) is 3.12. The van der Waals surface area contributed by atoms with Crippen LogP contribution in [-0.2, 0) is 11.3 Å². The number of benzene rings is 1. The lowest BCUT2D eigenvalue weighted by Gasteiger charge is -2.21. The number of thiophene rings is 1. The Balaban J connectivity index is 2.04. The third-order valence-corrected chi connectivity index (χ3v) is 4.62. The largest absolute Gasteiger partial charge is 0.339 e. The molecule has 0 saturated heterocycles. The van der Waals surface area contributed by atoms with Gasteiger partial charge in [0.2, 0.25) is 5.91 Å². The second-order valence-electron chi connectivity index (χ2n) is 6.14. The van der Waals surface area contributed by atoms with Gasteiger partial charge in [0.25, 0.3) is 5.91 Å². The van der Waals surface area contributed by atoms with Crippen LogP contribution in [-0.4, -0.2) is 24.4 Å². The number of nitrogens with one attached hydrogen (secondary N) is 3. The van der Waals surface area contributed by atoms with Gasteiger partial charge in [-0.2, -0.15) is 0 Å².